The molecule has 0 saturated carbocycles. The highest BCUT2D eigenvalue weighted by Crippen LogP contribution is 2.21. The number of rotatable bonds is 7. The van der Waals surface area contributed by atoms with Crippen LogP contribution in [0.4, 0.5) is 0 Å². The van der Waals surface area contributed by atoms with Gasteiger partial charge in [-0.2, -0.15) is 5.10 Å². The highest BCUT2D eigenvalue weighted by Gasteiger charge is 2.18. The van der Waals surface area contributed by atoms with Gasteiger partial charge in [-0.1, -0.05) is 12.1 Å². The molecule has 0 aliphatic rings. The molecular weight excluding hydrogens is 406 g/mol. The minimum Gasteiger partial charge on any atom is -0.345 e. The molecule has 0 saturated heterocycles. The molecule has 0 radical (unpaired) electrons. The van der Waals surface area contributed by atoms with Gasteiger partial charge in [-0.3, -0.25) is 19.1 Å². The second-order valence-corrected chi connectivity index (χ2v) is 8.29. The largest absolute Gasteiger partial charge is 0.345 e. The van der Waals surface area contributed by atoms with Crippen LogP contribution in [0.3, 0.4) is 0 Å². The first kappa shape index (κ1) is 23.2. The predicted octanol–water partition coefficient (Wildman–Crippen LogP) is 2.56. The second-order valence-electron chi connectivity index (χ2n) is 8.29. The van der Waals surface area contributed by atoms with Crippen molar-refractivity contribution in [3.63, 3.8) is 0 Å². The van der Waals surface area contributed by atoms with Gasteiger partial charge in [-0.05, 0) is 50.5 Å². The van der Waals surface area contributed by atoms with Crippen LogP contribution in [-0.2, 0) is 24.8 Å². The van der Waals surface area contributed by atoms with E-state index in [0.717, 1.165) is 22.2 Å². The lowest BCUT2D eigenvalue weighted by Crippen LogP contribution is -2.31. The number of amides is 2. The number of fused-ring (bicyclic) bond motifs is 1. The minimum absolute atomic E-state index is 0.0113. The molecular formula is C24H31N5O3. The van der Waals surface area contributed by atoms with Crippen LogP contribution in [0.5, 0.6) is 0 Å². The lowest BCUT2D eigenvalue weighted by molar-refractivity contribution is -0.131. The smallest absolute Gasteiger partial charge is 0.253 e. The van der Waals surface area contributed by atoms with Gasteiger partial charge >= 0.3 is 0 Å². The van der Waals surface area contributed by atoms with Crippen molar-refractivity contribution in [3.05, 3.63) is 62.6 Å². The molecule has 8 nitrogen and oxygen atoms in total. The van der Waals surface area contributed by atoms with Crippen molar-refractivity contribution >= 4 is 22.8 Å². The van der Waals surface area contributed by atoms with Crippen LogP contribution in [0.1, 0.15) is 46.1 Å². The first-order valence-corrected chi connectivity index (χ1v) is 10.8. The Bertz CT molecular complexity index is 1210. The van der Waals surface area contributed by atoms with Gasteiger partial charge in [0.1, 0.15) is 5.65 Å². The van der Waals surface area contributed by atoms with E-state index < -0.39 is 0 Å². The Labute approximate surface area is 187 Å². The van der Waals surface area contributed by atoms with Crippen LogP contribution >= 0.6 is 0 Å². The Hall–Kier alpha value is -3.42. The molecule has 170 valence electrons. The molecule has 0 atom stereocenters. The molecule has 1 aromatic carbocycles. The number of aryl methyl sites for hydroxylation is 3. The number of nitrogens with zero attached hydrogens (tertiary/aromatic N) is 4. The molecule has 3 aromatic rings. The normalized spacial score (nSPS) is 11.1. The lowest BCUT2D eigenvalue weighted by Gasteiger charge is -2.21. The Kier molecular flexibility index (Phi) is 6.81. The number of aromatic nitrogens is 3. The lowest BCUT2D eigenvalue weighted by atomic mass is 10.0. The van der Waals surface area contributed by atoms with Crippen molar-refractivity contribution < 1.29 is 9.59 Å². The summed E-state index contributed by atoms with van der Waals surface area (Å²) in [5.74, 6) is -0.0656. The van der Waals surface area contributed by atoms with Gasteiger partial charge in [0.2, 0.25) is 5.91 Å². The number of pyridine rings is 1. The minimum atomic E-state index is -0.171. The van der Waals surface area contributed by atoms with Gasteiger partial charge in [-0.15, -0.1) is 0 Å². The van der Waals surface area contributed by atoms with Crippen molar-refractivity contribution in [2.75, 3.05) is 20.6 Å². The summed E-state index contributed by atoms with van der Waals surface area (Å²) in [7, 11) is 5.23. The molecule has 0 unspecified atom stereocenters. The zero-order valence-electron chi connectivity index (χ0n) is 19.7. The van der Waals surface area contributed by atoms with E-state index in [4.69, 9.17) is 0 Å². The quantitative estimate of drug-likeness (QED) is 0.615. The first-order valence-electron chi connectivity index (χ1n) is 10.8. The summed E-state index contributed by atoms with van der Waals surface area (Å²) < 4.78 is 1.67. The van der Waals surface area contributed by atoms with E-state index >= 15 is 0 Å². The Balaban J connectivity index is 1.72. The fourth-order valence-corrected chi connectivity index (χ4v) is 4.05. The van der Waals surface area contributed by atoms with Crippen molar-refractivity contribution in [1.82, 2.24) is 24.6 Å². The molecule has 2 aromatic heterocycles. The van der Waals surface area contributed by atoms with Crippen LogP contribution in [0, 0.1) is 13.8 Å². The number of nitrogens with one attached hydrogen (secondary N) is 1. The van der Waals surface area contributed by atoms with Crippen LogP contribution in [-0.4, -0.2) is 57.0 Å². The maximum atomic E-state index is 12.9. The summed E-state index contributed by atoms with van der Waals surface area (Å²) in [6.45, 7) is 6.79. The number of H-pyrrole nitrogens is 1. The summed E-state index contributed by atoms with van der Waals surface area (Å²) in [6.07, 6.45) is 0.622. The molecule has 3 rings (SSSR count). The number of hydrogen-bond donors (Lipinski definition) is 1. The number of carbonyl (C=O) groups excluding carboxylic acids is 2. The Morgan fingerprint density at radius 2 is 1.78 bits per heavy atom. The number of benzene rings is 1. The van der Waals surface area contributed by atoms with Gasteiger partial charge in [0.25, 0.3) is 11.5 Å². The van der Waals surface area contributed by atoms with E-state index in [1.807, 2.05) is 32.9 Å². The third-order valence-electron chi connectivity index (χ3n) is 5.86. The third-order valence-corrected chi connectivity index (χ3v) is 5.86. The molecule has 2 heterocycles. The average molecular weight is 438 g/mol. The summed E-state index contributed by atoms with van der Waals surface area (Å²) in [5.41, 5.74) is 4.47. The number of carbonyl (C=O) groups is 2. The van der Waals surface area contributed by atoms with E-state index in [9.17, 15) is 14.4 Å². The van der Waals surface area contributed by atoms with E-state index in [1.165, 1.54) is 4.90 Å². The molecule has 0 spiro atoms. The first-order chi connectivity index (χ1) is 15.1. The van der Waals surface area contributed by atoms with Gasteiger partial charge in [-0.25, -0.2) is 0 Å². The monoisotopic (exact) mass is 437 g/mol. The summed E-state index contributed by atoms with van der Waals surface area (Å²) in [6, 6.07) is 7.32. The topological polar surface area (TPSA) is 91.3 Å². The highest BCUT2D eigenvalue weighted by atomic mass is 16.2. The second kappa shape index (κ2) is 9.38. The van der Waals surface area contributed by atoms with Crippen molar-refractivity contribution in [2.24, 2.45) is 7.05 Å². The molecule has 1 N–H and O–H groups in total. The molecule has 0 fully saturated rings. The average Bonchev–Trinajstić information content (AvgIpc) is 3.04. The summed E-state index contributed by atoms with van der Waals surface area (Å²) in [4.78, 5) is 43.8. The third kappa shape index (κ3) is 4.59. The number of hydrogen-bond acceptors (Lipinski definition) is 4. The standard InChI is InChI=1S/C24H31N5O3/c1-7-29(14-17-8-10-18(11-9-17)24(32)27(4)5)20(30)13-12-19-15(2)21-16(3)26-28(6)22(21)25-23(19)31/h8-11H,7,12-14H2,1-6H3,(H,25,31). The fourth-order valence-electron chi connectivity index (χ4n) is 4.05. The zero-order valence-corrected chi connectivity index (χ0v) is 19.7. The summed E-state index contributed by atoms with van der Waals surface area (Å²) in [5, 5.41) is 5.33. The van der Waals surface area contributed by atoms with Crippen molar-refractivity contribution in [2.45, 2.75) is 40.2 Å². The van der Waals surface area contributed by atoms with Crippen molar-refractivity contribution in [3.8, 4) is 0 Å². The van der Waals surface area contributed by atoms with E-state index in [-0.39, 0.29) is 23.8 Å². The van der Waals surface area contributed by atoms with E-state index in [0.29, 0.717) is 36.3 Å². The molecule has 0 aliphatic heterocycles. The number of aromatic amines is 1. The van der Waals surface area contributed by atoms with E-state index in [2.05, 4.69) is 10.1 Å². The zero-order chi connectivity index (χ0) is 23.6. The molecule has 8 heteroatoms. The van der Waals surface area contributed by atoms with Crippen LogP contribution in [0.2, 0.25) is 0 Å². The van der Waals surface area contributed by atoms with Crippen LogP contribution < -0.4 is 5.56 Å². The Morgan fingerprint density at radius 1 is 1.12 bits per heavy atom. The maximum Gasteiger partial charge on any atom is 0.253 e. The fraction of sp³-hybridized carbons (Fsp3) is 0.417. The van der Waals surface area contributed by atoms with Gasteiger partial charge < -0.3 is 14.8 Å². The Morgan fingerprint density at radius 3 is 2.38 bits per heavy atom. The van der Waals surface area contributed by atoms with Gasteiger partial charge in [0.15, 0.2) is 0 Å². The molecule has 32 heavy (non-hydrogen) atoms. The van der Waals surface area contributed by atoms with Gasteiger partial charge in [0, 0.05) is 57.2 Å². The highest BCUT2D eigenvalue weighted by molar-refractivity contribution is 5.93. The molecule has 0 bridgehead atoms. The summed E-state index contributed by atoms with van der Waals surface area (Å²) >= 11 is 0. The maximum absolute atomic E-state index is 12.9. The van der Waals surface area contributed by atoms with Crippen LogP contribution in [0.25, 0.3) is 11.0 Å². The predicted molar refractivity (Wildman–Crippen MR) is 125 cm³/mol. The molecule has 2 amide bonds. The van der Waals surface area contributed by atoms with E-state index in [1.54, 1.807) is 42.9 Å². The molecule has 0 aliphatic carbocycles. The van der Waals surface area contributed by atoms with Crippen molar-refractivity contribution in [1.29, 1.82) is 0 Å². The SMILES string of the molecule is CCN(Cc1ccc(C(=O)N(C)C)cc1)C(=O)CCc1c(C)c2c(C)nn(C)c2[nH]c1=O. The van der Waals surface area contributed by atoms with Gasteiger partial charge in [0.05, 0.1) is 5.69 Å². The van der Waals surface area contributed by atoms with Crippen LogP contribution in [0.15, 0.2) is 29.1 Å².